The summed E-state index contributed by atoms with van der Waals surface area (Å²) >= 11 is 0. The van der Waals surface area contributed by atoms with Crippen molar-refractivity contribution in [3.8, 4) is 11.5 Å². The van der Waals surface area contributed by atoms with Crippen LogP contribution in [0.1, 0.15) is 50.5 Å². The SMILES string of the molecule is CCOC(O)C(O)OCOC1=C2C=CCc3c(OCOC(O)C(O)OCC)c(OCOC(O)C(O)OCC)c4cccc(c4c32)C1OCOC(O)C(O)OCC. The van der Waals surface area contributed by atoms with Crippen molar-refractivity contribution in [2.75, 3.05) is 53.6 Å². The molecule has 56 heavy (non-hydrogen) atoms. The van der Waals surface area contributed by atoms with Gasteiger partial charge in [-0.2, -0.15) is 0 Å². The molecule has 0 aliphatic heterocycles. The van der Waals surface area contributed by atoms with Crippen molar-refractivity contribution >= 4 is 16.3 Å². The molecule has 0 amide bonds. The van der Waals surface area contributed by atoms with Crippen molar-refractivity contribution in [2.45, 2.75) is 90.5 Å². The van der Waals surface area contributed by atoms with E-state index in [2.05, 4.69) is 0 Å². The second kappa shape index (κ2) is 22.7. The van der Waals surface area contributed by atoms with Gasteiger partial charge in [-0.3, -0.25) is 0 Å². The largest absolute Gasteiger partial charge is 0.468 e. The number of aliphatic hydroxyl groups is 8. The van der Waals surface area contributed by atoms with E-state index in [1.807, 2.05) is 0 Å². The van der Waals surface area contributed by atoms with Crippen LogP contribution in [0.15, 0.2) is 36.1 Å². The lowest BCUT2D eigenvalue weighted by atomic mass is 9.79. The summed E-state index contributed by atoms with van der Waals surface area (Å²) in [6, 6.07) is 5.09. The number of hydrogen-bond donors (Lipinski definition) is 8. The average Bonchev–Trinajstić information content (AvgIpc) is 3.18. The van der Waals surface area contributed by atoms with Crippen molar-refractivity contribution in [3.63, 3.8) is 0 Å². The van der Waals surface area contributed by atoms with E-state index in [-0.39, 0.29) is 50.1 Å². The van der Waals surface area contributed by atoms with Gasteiger partial charge in [0.05, 0.1) is 0 Å². The van der Waals surface area contributed by atoms with Crippen LogP contribution in [0.25, 0.3) is 16.3 Å². The summed E-state index contributed by atoms with van der Waals surface area (Å²) in [4.78, 5) is 0. The van der Waals surface area contributed by atoms with Crippen LogP contribution in [-0.4, -0.2) is 145 Å². The Kier molecular flexibility index (Phi) is 18.5. The van der Waals surface area contributed by atoms with Crippen molar-refractivity contribution in [1.82, 2.24) is 0 Å². The third-order valence-corrected chi connectivity index (χ3v) is 8.17. The highest BCUT2D eigenvalue weighted by Crippen LogP contribution is 2.53. The van der Waals surface area contributed by atoms with Crippen LogP contribution in [0.4, 0.5) is 0 Å². The number of ether oxygens (including phenoxy) is 12. The summed E-state index contributed by atoms with van der Waals surface area (Å²) in [6.45, 7) is 4.47. The van der Waals surface area contributed by atoms with Gasteiger partial charge >= 0.3 is 0 Å². The molecule has 0 saturated carbocycles. The van der Waals surface area contributed by atoms with E-state index in [1.165, 1.54) is 0 Å². The molecule has 0 bridgehead atoms. The van der Waals surface area contributed by atoms with Gasteiger partial charge in [-0.25, -0.2) is 0 Å². The van der Waals surface area contributed by atoms with Crippen molar-refractivity contribution in [2.24, 2.45) is 0 Å². The van der Waals surface area contributed by atoms with E-state index < -0.39 is 83.6 Å². The smallest absolute Gasteiger partial charge is 0.210 e. The number of rotatable bonds is 28. The fourth-order valence-electron chi connectivity index (χ4n) is 5.76. The zero-order valence-electron chi connectivity index (χ0n) is 31.4. The minimum Gasteiger partial charge on any atom is -0.468 e. The molecular weight excluding hydrogens is 752 g/mol. The first kappa shape index (κ1) is 45.6. The molecule has 316 valence electrons. The second-order valence-corrected chi connectivity index (χ2v) is 11.7. The lowest BCUT2D eigenvalue weighted by Crippen LogP contribution is -2.33. The first-order chi connectivity index (χ1) is 27.0. The van der Waals surface area contributed by atoms with Gasteiger partial charge in [-0.15, -0.1) is 0 Å². The maximum atomic E-state index is 10.3. The highest BCUT2D eigenvalue weighted by molar-refractivity contribution is 6.07. The molecule has 2 aliphatic carbocycles. The predicted octanol–water partition coefficient (Wildman–Crippen LogP) is 0.0983. The highest BCUT2D eigenvalue weighted by Gasteiger charge is 2.37. The Hall–Kier alpha value is -3.10. The number of aliphatic hydroxyl groups excluding tert-OH is 8. The van der Waals surface area contributed by atoms with E-state index >= 15 is 0 Å². The van der Waals surface area contributed by atoms with Crippen molar-refractivity contribution in [3.05, 3.63) is 52.8 Å². The van der Waals surface area contributed by atoms with Crippen molar-refractivity contribution in [1.29, 1.82) is 0 Å². The van der Waals surface area contributed by atoms with Crippen LogP contribution in [0.5, 0.6) is 11.5 Å². The molecule has 9 atom stereocenters. The van der Waals surface area contributed by atoms with E-state index in [0.717, 1.165) is 0 Å². The molecule has 0 spiro atoms. The molecule has 8 N–H and O–H groups in total. The zero-order valence-corrected chi connectivity index (χ0v) is 31.4. The van der Waals surface area contributed by atoms with Gasteiger partial charge < -0.3 is 97.7 Å². The molecule has 2 aromatic carbocycles. The number of hydrogen-bond acceptors (Lipinski definition) is 20. The Morgan fingerprint density at radius 1 is 0.554 bits per heavy atom. The molecule has 0 fully saturated rings. The summed E-state index contributed by atoms with van der Waals surface area (Å²) in [5.41, 5.74) is 2.05. The predicted molar refractivity (Wildman–Crippen MR) is 188 cm³/mol. The van der Waals surface area contributed by atoms with Crippen LogP contribution in [-0.2, 0) is 53.8 Å². The molecule has 20 heteroatoms. The van der Waals surface area contributed by atoms with Crippen LogP contribution in [0.2, 0.25) is 0 Å². The Bertz CT molecular complexity index is 1570. The molecule has 0 saturated heterocycles. The van der Waals surface area contributed by atoms with Gasteiger partial charge in [0, 0.05) is 53.9 Å². The summed E-state index contributed by atoms with van der Waals surface area (Å²) in [7, 11) is 0. The second-order valence-electron chi connectivity index (χ2n) is 11.7. The van der Waals surface area contributed by atoms with Gasteiger partial charge in [0.15, 0.2) is 38.7 Å². The quantitative estimate of drug-likeness (QED) is 0.0530. The Morgan fingerprint density at radius 3 is 1.50 bits per heavy atom. The number of allylic oxidation sites excluding steroid dienone is 3. The fourth-order valence-corrected chi connectivity index (χ4v) is 5.76. The third-order valence-electron chi connectivity index (χ3n) is 8.17. The van der Waals surface area contributed by atoms with Gasteiger partial charge in [0.25, 0.3) is 0 Å². The van der Waals surface area contributed by atoms with Crippen LogP contribution >= 0.6 is 0 Å². The third kappa shape index (κ3) is 11.5. The Morgan fingerprint density at radius 2 is 1.00 bits per heavy atom. The first-order valence-corrected chi connectivity index (χ1v) is 17.9. The molecule has 4 rings (SSSR count). The normalized spacial score (nSPS) is 19.3. The fraction of sp³-hybridized carbons (Fsp3) is 0.611. The molecule has 0 radical (unpaired) electrons. The van der Waals surface area contributed by atoms with Gasteiger partial charge in [0.1, 0.15) is 11.9 Å². The topological polar surface area (TPSA) is 273 Å². The highest BCUT2D eigenvalue weighted by atomic mass is 16.8. The van der Waals surface area contributed by atoms with E-state index in [0.29, 0.717) is 33.0 Å². The molecule has 9 unspecified atom stereocenters. The Labute approximate surface area is 322 Å². The monoisotopic (exact) mass is 804 g/mol. The van der Waals surface area contributed by atoms with Crippen LogP contribution < -0.4 is 9.47 Å². The zero-order chi connectivity index (χ0) is 40.8. The lowest BCUT2D eigenvalue weighted by Gasteiger charge is -2.34. The summed E-state index contributed by atoms with van der Waals surface area (Å²) in [6.07, 6.45) is -11.1. The maximum absolute atomic E-state index is 10.3. The van der Waals surface area contributed by atoms with Crippen LogP contribution in [0, 0.1) is 0 Å². The number of benzene rings is 2. The molecule has 2 aromatic rings. The van der Waals surface area contributed by atoms with Crippen molar-refractivity contribution < 1.29 is 97.7 Å². The standard InChI is InChI=1S/C36H52O20/c1-5-45-29(37)33(41)53-15-49-25-19-11-9-13-21-23(19)24-20(26(25)50-16-54-34(42)30(38)46-6-2)12-10-14-22(24)28(52-18-56-36(44)32(40)48-8-4)27(21)51-17-55-35(43)31(39)47-7-3/h9-13,25,29-44H,5-8,14-18H2,1-4H3. The average molecular weight is 805 g/mol. The minimum atomic E-state index is -1.78. The molecule has 20 nitrogen and oxygen atoms in total. The maximum Gasteiger partial charge on any atom is 0.210 e. The molecule has 0 aromatic heterocycles. The molecule has 2 aliphatic rings. The van der Waals surface area contributed by atoms with Crippen LogP contribution in [0.3, 0.4) is 0 Å². The first-order valence-electron chi connectivity index (χ1n) is 17.9. The summed E-state index contributed by atoms with van der Waals surface area (Å²) in [5, 5.41) is 82.1. The minimum absolute atomic E-state index is 0.0859. The van der Waals surface area contributed by atoms with E-state index in [4.69, 9.17) is 56.8 Å². The van der Waals surface area contributed by atoms with E-state index in [9.17, 15) is 40.9 Å². The summed E-state index contributed by atoms with van der Waals surface area (Å²) in [5.74, 6) is 0.337. The van der Waals surface area contributed by atoms with E-state index in [1.54, 1.807) is 58.0 Å². The Balaban J connectivity index is 1.79. The van der Waals surface area contributed by atoms with Gasteiger partial charge in [-0.05, 0) is 39.7 Å². The summed E-state index contributed by atoms with van der Waals surface area (Å²) < 4.78 is 65.5. The van der Waals surface area contributed by atoms with Gasteiger partial charge in [-0.1, -0.05) is 30.4 Å². The molecular formula is C36H52O20. The lowest BCUT2D eigenvalue weighted by molar-refractivity contribution is -0.281. The molecule has 0 heterocycles. The van der Waals surface area contributed by atoms with Gasteiger partial charge in [0.2, 0.25) is 50.3 Å².